The van der Waals surface area contributed by atoms with E-state index in [0.29, 0.717) is 37.6 Å². The van der Waals surface area contributed by atoms with Crippen molar-refractivity contribution in [1.29, 1.82) is 0 Å². The number of nitrogens with one attached hydrogen (secondary N) is 1. The molecule has 3 unspecified atom stereocenters. The lowest BCUT2D eigenvalue weighted by atomic mass is 10.1. The summed E-state index contributed by atoms with van der Waals surface area (Å²) in [4.78, 5) is 40.9. The first-order valence-electron chi connectivity index (χ1n) is 11.4. The summed E-state index contributed by atoms with van der Waals surface area (Å²) in [5.74, 6) is -0.705. The van der Waals surface area contributed by atoms with Gasteiger partial charge in [0, 0.05) is 26.6 Å². The van der Waals surface area contributed by atoms with Gasteiger partial charge in [-0.3, -0.25) is 14.6 Å². The Labute approximate surface area is 197 Å². The van der Waals surface area contributed by atoms with Crippen molar-refractivity contribution >= 4 is 29.5 Å². The maximum atomic E-state index is 15.2. The van der Waals surface area contributed by atoms with Crippen molar-refractivity contribution in [2.45, 2.75) is 51.5 Å². The molecule has 0 aromatic heterocycles. The van der Waals surface area contributed by atoms with E-state index in [2.05, 4.69) is 5.32 Å². The topological polar surface area (TPSA) is 101 Å². The predicted octanol–water partition coefficient (Wildman–Crippen LogP) is 2.11. The maximum absolute atomic E-state index is 15.2. The minimum Gasteiger partial charge on any atom is -0.444 e. The summed E-state index contributed by atoms with van der Waals surface area (Å²) in [6, 6.07) is 4.33. The third-order valence-corrected chi connectivity index (χ3v) is 5.97. The summed E-state index contributed by atoms with van der Waals surface area (Å²) in [6.45, 7) is 8.91. The summed E-state index contributed by atoms with van der Waals surface area (Å²) >= 11 is 0. The zero-order valence-electron chi connectivity index (χ0n) is 19.9. The van der Waals surface area contributed by atoms with E-state index in [9.17, 15) is 14.4 Å². The molecular weight excluding hydrogens is 447 g/mol. The van der Waals surface area contributed by atoms with Gasteiger partial charge in [-0.1, -0.05) is 0 Å². The van der Waals surface area contributed by atoms with E-state index in [0.717, 1.165) is 0 Å². The highest BCUT2D eigenvalue weighted by molar-refractivity contribution is 5.90. The molecule has 4 rings (SSSR count). The van der Waals surface area contributed by atoms with Crippen LogP contribution in [-0.4, -0.2) is 86.2 Å². The average Bonchev–Trinajstić information content (AvgIpc) is 3.33. The van der Waals surface area contributed by atoms with Gasteiger partial charge in [0.2, 0.25) is 5.91 Å². The maximum Gasteiger partial charge on any atom is 0.414 e. The first kappa shape index (κ1) is 24.1. The molecule has 1 aromatic rings. The Bertz CT molecular complexity index is 967. The number of morpholine rings is 1. The minimum absolute atomic E-state index is 0.197. The fourth-order valence-corrected chi connectivity index (χ4v) is 4.45. The number of halogens is 1. The molecule has 0 bridgehead atoms. The number of hydrogen-bond acceptors (Lipinski definition) is 7. The van der Waals surface area contributed by atoms with Gasteiger partial charge in [0.05, 0.1) is 43.2 Å². The molecular formula is C23H31FN4O6. The summed E-state index contributed by atoms with van der Waals surface area (Å²) in [6.07, 6.45) is -1.74. The molecule has 3 atom stereocenters. The van der Waals surface area contributed by atoms with E-state index < -0.39 is 29.7 Å². The van der Waals surface area contributed by atoms with Crippen LogP contribution in [0.3, 0.4) is 0 Å². The number of anilines is 2. The summed E-state index contributed by atoms with van der Waals surface area (Å²) in [5, 5.41) is 2.61. The molecule has 3 fully saturated rings. The van der Waals surface area contributed by atoms with Crippen molar-refractivity contribution in [2.75, 3.05) is 49.1 Å². The van der Waals surface area contributed by atoms with Crippen LogP contribution in [0.4, 0.5) is 25.4 Å². The lowest BCUT2D eigenvalue weighted by molar-refractivity contribution is -0.119. The quantitative estimate of drug-likeness (QED) is 0.708. The predicted molar refractivity (Wildman–Crippen MR) is 121 cm³/mol. The molecule has 0 radical (unpaired) electrons. The highest BCUT2D eigenvalue weighted by Crippen LogP contribution is 2.33. The second-order valence-electron chi connectivity index (χ2n) is 9.74. The van der Waals surface area contributed by atoms with Crippen molar-refractivity contribution in [1.82, 2.24) is 10.2 Å². The number of nitrogens with zero attached hydrogens (tertiary/aromatic N) is 3. The molecule has 3 saturated heterocycles. The van der Waals surface area contributed by atoms with Gasteiger partial charge in [0.15, 0.2) is 0 Å². The van der Waals surface area contributed by atoms with Crippen LogP contribution in [0.25, 0.3) is 0 Å². The van der Waals surface area contributed by atoms with Gasteiger partial charge in [0.25, 0.3) is 0 Å². The molecule has 34 heavy (non-hydrogen) atoms. The highest BCUT2D eigenvalue weighted by atomic mass is 19.1. The number of hydrogen-bond donors (Lipinski definition) is 1. The normalized spacial score (nSPS) is 24.7. The second-order valence-corrected chi connectivity index (χ2v) is 9.74. The first-order chi connectivity index (χ1) is 16.0. The summed E-state index contributed by atoms with van der Waals surface area (Å²) in [5.41, 5.74) is 0.135. The van der Waals surface area contributed by atoms with E-state index in [4.69, 9.17) is 14.2 Å². The summed E-state index contributed by atoms with van der Waals surface area (Å²) < 4.78 is 31.8. The monoisotopic (exact) mass is 478 g/mol. The van der Waals surface area contributed by atoms with Crippen LogP contribution in [0.15, 0.2) is 18.2 Å². The molecule has 0 saturated carbocycles. The third kappa shape index (κ3) is 5.19. The third-order valence-electron chi connectivity index (χ3n) is 5.97. The van der Waals surface area contributed by atoms with Crippen LogP contribution in [0.5, 0.6) is 0 Å². The number of carbonyl (C=O) groups is 3. The number of fused-ring (bicyclic) bond motifs is 1. The molecule has 10 nitrogen and oxygen atoms in total. The molecule has 0 aliphatic carbocycles. The summed E-state index contributed by atoms with van der Waals surface area (Å²) in [7, 11) is 0. The molecule has 3 aliphatic heterocycles. The zero-order valence-corrected chi connectivity index (χ0v) is 19.9. The highest BCUT2D eigenvalue weighted by Gasteiger charge is 2.44. The van der Waals surface area contributed by atoms with Gasteiger partial charge in [-0.15, -0.1) is 0 Å². The first-order valence-corrected chi connectivity index (χ1v) is 11.4. The Morgan fingerprint density at radius 3 is 2.68 bits per heavy atom. The SMILES string of the molecule is CC(=O)NCC1CN(c2ccc(N3CC4OCCN(C(=O)OC(C)(C)C)C4C3)c(F)c2)C(=O)O1. The number of carbonyl (C=O) groups excluding carboxylic acids is 3. The lowest BCUT2D eigenvalue weighted by Gasteiger charge is -2.37. The van der Waals surface area contributed by atoms with Crippen LogP contribution >= 0.6 is 0 Å². The number of rotatable bonds is 4. The van der Waals surface area contributed by atoms with E-state index in [1.165, 1.54) is 17.9 Å². The van der Waals surface area contributed by atoms with Crippen LogP contribution in [0.1, 0.15) is 27.7 Å². The average molecular weight is 479 g/mol. The Hall–Kier alpha value is -3.08. The van der Waals surface area contributed by atoms with E-state index in [-0.39, 0.29) is 31.1 Å². The fourth-order valence-electron chi connectivity index (χ4n) is 4.45. The van der Waals surface area contributed by atoms with Gasteiger partial charge in [-0.2, -0.15) is 0 Å². The van der Waals surface area contributed by atoms with Crippen molar-refractivity contribution in [3.05, 3.63) is 24.0 Å². The van der Waals surface area contributed by atoms with Crippen LogP contribution in [0.2, 0.25) is 0 Å². The van der Waals surface area contributed by atoms with Gasteiger partial charge < -0.3 is 24.4 Å². The molecule has 11 heteroatoms. The van der Waals surface area contributed by atoms with Crippen molar-refractivity contribution in [2.24, 2.45) is 0 Å². The molecule has 3 aliphatic rings. The second kappa shape index (κ2) is 9.28. The molecule has 186 valence electrons. The fraction of sp³-hybridized carbons (Fsp3) is 0.609. The van der Waals surface area contributed by atoms with Gasteiger partial charge in [-0.25, -0.2) is 14.0 Å². The minimum atomic E-state index is -0.608. The molecule has 1 N–H and O–H groups in total. The van der Waals surface area contributed by atoms with E-state index in [1.54, 1.807) is 17.0 Å². The van der Waals surface area contributed by atoms with Crippen molar-refractivity contribution in [3.8, 4) is 0 Å². The van der Waals surface area contributed by atoms with Gasteiger partial charge in [-0.05, 0) is 39.0 Å². The van der Waals surface area contributed by atoms with Crippen LogP contribution in [-0.2, 0) is 19.0 Å². The van der Waals surface area contributed by atoms with Crippen LogP contribution in [0, 0.1) is 5.82 Å². The molecule has 3 amide bonds. The Balaban J connectivity index is 1.44. The van der Waals surface area contributed by atoms with Crippen molar-refractivity contribution in [3.63, 3.8) is 0 Å². The van der Waals surface area contributed by atoms with Crippen LogP contribution < -0.4 is 15.1 Å². The van der Waals surface area contributed by atoms with Crippen molar-refractivity contribution < 1.29 is 33.0 Å². The zero-order chi connectivity index (χ0) is 24.6. The smallest absolute Gasteiger partial charge is 0.414 e. The largest absolute Gasteiger partial charge is 0.444 e. The molecule has 1 aromatic carbocycles. The number of benzene rings is 1. The lowest BCUT2D eigenvalue weighted by Crippen LogP contribution is -2.54. The Kier molecular flexibility index (Phi) is 6.57. The Morgan fingerprint density at radius 2 is 2.00 bits per heavy atom. The number of ether oxygens (including phenoxy) is 3. The molecule has 3 heterocycles. The number of amides is 3. The Morgan fingerprint density at radius 1 is 1.24 bits per heavy atom. The standard InChI is InChI=1S/C23H31FN4O6/c1-14(29)25-10-16-11-28(21(30)33-16)15-5-6-18(17(24)9-15)26-12-19-20(13-26)32-8-7-27(19)22(31)34-23(2,3)4/h5-6,9,16,19-20H,7-8,10-13H2,1-4H3,(H,25,29). The van der Waals surface area contributed by atoms with E-state index >= 15 is 4.39 Å². The van der Waals surface area contributed by atoms with E-state index in [1.807, 2.05) is 25.7 Å². The molecule has 0 spiro atoms. The van der Waals surface area contributed by atoms with Gasteiger partial charge >= 0.3 is 12.2 Å². The van der Waals surface area contributed by atoms with Gasteiger partial charge in [0.1, 0.15) is 17.5 Å². The number of cyclic esters (lactones) is 1.